The molecular formula is C13H22O3. The van der Waals surface area contributed by atoms with Crippen LogP contribution in [0.2, 0.25) is 0 Å². The Morgan fingerprint density at radius 1 is 1.25 bits per heavy atom. The summed E-state index contributed by atoms with van der Waals surface area (Å²) in [6.45, 7) is 5.85. The van der Waals surface area contributed by atoms with Crippen LogP contribution in [0.25, 0.3) is 0 Å². The van der Waals surface area contributed by atoms with E-state index in [4.69, 9.17) is 4.74 Å². The number of aliphatic hydroxyl groups is 2. The fourth-order valence-electron chi connectivity index (χ4n) is 1.98. The summed E-state index contributed by atoms with van der Waals surface area (Å²) < 4.78 is 5.32. The van der Waals surface area contributed by atoms with E-state index in [1.807, 2.05) is 6.92 Å². The van der Waals surface area contributed by atoms with E-state index in [1.54, 1.807) is 6.92 Å². The van der Waals surface area contributed by atoms with Gasteiger partial charge in [-0.3, -0.25) is 0 Å². The molecule has 0 saturated carbocycles. The van der Waals surface area contributed by atoms with Gasteiger partial charge in [-0.15, -0.1) is 0 Å². The van der Waals surface area contributed by atoms with Gasteiger partial charge in [-0.2, -0.15) is 0 Å². The summed E-state index contributed by atoms with van der Waals surface area (Å²) in [6.07, 6.45) is 3.80. The molecule has 0 saturated heterocycles. The van der Waals surface area contributed by atoms with Crippen molar-refractivity contribution >= 4 is 0 Å². The smallest absolute Gasteiger partial charge is 0.223 e. The summed E-state index contributed by atoms with van der Waals surface area (Å²) in [5.74, 6) is 0.896. The Morgan fingerprint density at radius 3 is 2.50 bits per heavy atom. The van der Waals surface area contributed by atoms with Crippen molar-refractivity contribution in [2.45, 2.75) is 59.2 Å². The van der Waals surface area contributed by atoms with Crippen LogP contribution in [0.1, 0.15) is 52.9 Å². The van der Waals surface area contributed by atoms with Crippen molar-refractivity contribution in [1.29, 1.82) is 0 Å². The molecular weight excluding hydrogens is 204 g/mol. The third-order valence-corrected chi connectivity index (χ3v) is 3.01. The highest BCUT2D eigenvalue weighted by molar-refractivity contribution is 5.35. The number of ether oxygens (including phenoxy) is 1. The standard InChI is InChI=1S/C13H22O3/c1-4-6-7-8-11-9(3)16-13(15)10(5-2)12(11)14/h13-15H,4-8H2,1-3H3. The van der Waals surface area contributed by atoms with E-state index in [0.717, 1.165) is 31.3 Å². The highest BCUT2D eigenvalue weighted by Crippen LogP contribution is 2.31. The summed E-state index contributed by atoms with van der Waals surface area (Å²) in [5.41, 5.74) is 1.45. The lowest BCUT2D eigenvalue weighted by molar-refractivity contribution is -0.0457. The van der Waals surface area contributed by atoms with Crippen molar-refractivity contribution in [2.75, 3.05) is 0 Å². The van der Waals surface area contributed by atoms with Gasteiger partial charge < -0.3 is 14.9 Å². The van der Waals surface area contributed by atoms with Gasteiger partial charge in [-0.25, -0.2) is 0 Å². The number of rotatable bonds is 5. The highest BCUT2D eigenvalue weighted by atomic mass is 16.6. The van der Waals surface area contributed by atoms with Gasteiger partial charge in [0, 0.05) is 11.1 Å². The van der Waals surface area contributed by atoms with E-state index in [2.05, 4.69) is 6.92 Å². The largest absolute Gasteiger partial charge is 0.507 e. The van der Waals surface area contributed by atoms with Crippen LogP contribution in [-0.2, 0) is 4.74 Å². The molecule has 92 valence electrons. The maximum atomic E-state index is 10.1. The van der Waals surface area contributed by atoms with Crippen LogP contribution >= 0.6 is 0 Å². The van der Waals surface area contributed by atoms with Gasteiger partial charge in [0.1, 0.15) is 11.5 Å². The molecule has 16 heavy (non-hydrogen) atoms. The van der Waals surface area contributed by atoms with E-state index in [1.165, 1.54) is 0 Å². The molecule has 0 bridgehead atoms. The SMILES string of the molecule is CCCCCC1=C(C)OC(O)C(CC)=C1O. The molecule has 0 fully saturated rings. The van der Waals surface area contributed by atoms with Crippen molar-refractivity contribution in [3.8, 4) is 0 Å². The summed E-state index contributed by atoms with van der Waals surface area (Å²) in [7, 11) is 0. The summed E-state index contributed by atoms with van der Waals surface area (Å²) in [4.78, 5) is 0. The minimum absolute atomic E-state index is 0.245. The third-order valence-electron chi connectivity index (χ3n) is 3.01. The number of aliphatic hydroxyl groups excluding tert-OH is 2. The van der Waals surface area contributed by atoms with Gasteiger partial charge in [0.25, 0.3) is 0 Å². The topological polar surface area (TPSA) is 49.7 Å². The number of unbranched alkanes of at least 4 members (excludes halogenated alkanes) is 2. The summed E-state index contributed by atoms with van der Waals surface area (Å²) in [5, 5.41) is 19.7. The van der Waals surface area contributed by atoms with E-state index in [-0.39, 0.29) is 5.76 Å². The van der Waals surface area contributed by atoms with E-state index < -0.39 is 6.29 Å². The lowest BCUT2D eigenvalue weighted by Crippen LogP contribution is -2.22. The lowest BCUT2D eigenvalue weighted by atomic mass is 9.98. The van der Waals surface area contributed by atoms with Crippen LogP contribution in [0.3, 0.4) is 0 Å². The van der Waals surface area contributed by atoms with Crippen LogP contribution in [0, 0.1) is 0 Å². The Labute approximate surface area is 97.4 Å². The molecule has 3 nitrogen and oxygen atoms in total. The van der Waals surface area contributed by atoms with Crippen LogP contribution in [0.5, 0.6) is 0 Å². The van der Waals surface area contributed by atoms with Gasteiger partial charge in [-0.1, -0.05) is 26.7 Å². The average molecular weight is 226 g/mol. The molecule has 0 aliphatic carbocycles. The first-order valence-electron chi connectivity index (χ1n) is 6.08. The van der Waals surface area contributed by atoms with Crippen LogP contribution < -0.4 is 0 Å². The molecule has 1 aliphatic heterocycles. The molecule has 3 heteroatoms. The van der Waals surface area contributed by atoms with Gasteiger partial charge in [0.15, 0.2) is 0 Å². The molecule has 1 unspecified atom stereocenters. The minimum atomic E-state index is -0.972. The monoisotopic (exact) mass is 226 g/mol. The van der Waals surface area contributed by atoms with Crippen molar-refractivity contribution in [1.82, 2.24) is 0 Å². The first-order chi connectivity index (χ1) is 7.61. The fourth-order valence-corrected chi connectivity index (χ4v) is 1.98. The van der Waals surface area contributed by atoms with Crippen LogP contribution in [0.15, 0.2) is 22.7 Å². The molecule has 1 aliphatic rings. The quantitative estimate of drug-likeness (QED) is 0.706. The molecule has 0 aromatic rings. The van der Waals surface area contributed by atoms with Gasteiger partial charge in [0.05, 0.1) is 0 Å². The van der Waals surface area contributed by atoms with Gasteiger partial charge in [0.2, 0.25) is 6.29 Å². The molecule has 1 heterocycles. The molecule has 1 atom stereocenters. The normalized spacial score (nSPS) is 21.4. The van der Waals surface area contributed by atoms with Crippen molar-refractivity contribution in [3.63, 3.8) is 0 Å². The van der Waals surface area contributed by atoms with Crippen molar-refractivity contribution in [3.05, 3.63) is 22.7 Å². The van der Waals surface area contributed by atoms with Crippen LogP contribution in [0.4, 0.5) is 0 Å². The number of hydrogen-bond acceptors (Lipinski definition) is 3. The second kappa shape index (κ2) is 5.94. The zero-order valence-corrected chi connectivity index (χ0v) is 10.4. The zero-order chi connectivity index (χ0) is 12.1. The zero-order valence-electron chi connectivity index (χ0n) is 10.4. The third kappa shape index (κ3) is 2.79. The second-order valence-corrected chi connectivity index (χ2v) is 4.19. The Kier molecular flexibility index (Phi) is 4.87. The fraction of sp³-hybridized carbons (Fsp3) is 0.692. The summed E-state index contributed by atoms with van der Waals surface area (Å²) >= 11 is 0. The Morgan fingerprint density at radius 2 is 1.94 bits per heavy atom. The van der Waals surface area contributed by atoms with E-state index in [9.17, 15) is 10.2 Å². The second-order valence-electron chi connectivity index (χ2n) is 4.19. The average Bonchev–Trinajstić information content (AvgIpc) is 2.23. The molecule has 1 rings (SSSR count). The van der Waals surface area contributed by atoms with Crippen molar-refractivity contribution in [2.24, 2.45) is 0 Å². The summed E-state index contributed by atoms with van der Waals surface area (Å²) in [6, 6.07) is 0. The molecule has 0 aromatic heterocycles. The Bertz CT molecular complexity index is 302. The minimum Gasteiger partial charge on any atom is -0.507 e. The van der Waals surface area contributed by atoms with Crippen LogP contribution in [-0.4, -0.2) is 16.5 Å². The predicted molar refractivity (Wildman–Crippen MR) is 63.9 cm³/mol. The van der Waals surface area contributed by atoms with E-state index in [0.29, 0.717) is 17.8 Å². The van der Waals surface area contributed by atoms with E-state index >= 15 is 0 Å². The molecule has 0 radical (unpaired) electrons. The molecule has 2 N–H and O–H groups in total. The Balaban J connectivity index is 2.80. The first-order valence-corrected chi connectivity index (χ1v) is 6.08. The lowest BCUT2D eigenvalue weighted by Gasteiger charge is -2.26. The predicted octanol–water partition coefficient (Wildman–Crippen LogP) is 3.41. The maximum Gasteiger partial charge on any atom is 0.223 e. The number of allylic oxidation sites excluding steroid dienone is 2. The highest BCUT2D eigenvalue weighted by Gasteiger charge is 2.25. The maximum absolute atomic E-state index is 10.1. The molecule has 0 spiro atoms. The molecule has 0 amide bonds. The van der Waals surface area contributed by atoms with Crippen molar-refractivity contribution < 1.29 is 14.9 Å². The van der Waals surface area contributed by atoms with Gasteiger partial charge >= 0.3 is 0 Å². The van der Waals surface area contributed by atoms with Gasteiger partial charge in [-0.05, 0) is 26.2 Å². The Hall–Kier alpha value is -0.960. The molecule has 0 aromatic carbocycles. The first kappa shape index (κ1) is 13.1. The number of hydrogen-bond donors (Lipinski definition) is 2.